The molecule has 21 heavy (non-hydrogen) atoms. The molecule has 1 aromatic rings. The number of benzene rings is 1. The number of halogens is 1. The molecule has 0 saturated carbocycles. The van der Waals surface area contributed by atoms with E-state index in [2.05, 4.69) is 0 Å². The van der Waals surface area contributed by atoms with Crippen molar-refractivity contribution in [3.8, 4) is 0 Å². The average Bonchev–Trinajstić information content (AvgIpc) is 2.51. The molecule has 4 nitrogen and oxygen atoms in total. The number of rotatable bonds is 7. The molecule has 112 valence electrons. The Bertz CT molecular complexity index is 577. The molecular weight excluding hydrogens is 292 g/mol. The highest BCUT2D eigenvalue weighted by Gasteiger charge is 2.32. The highest BCUT2D eigenvalue weighted by Crippen LogP contribution is 2.29. The van der Waals surface area contributed by atoms with Gasteiger partial charge in [0.25, 0.3) is 0 Å². The summed E-state index contributed by atoms with van der Waals surface area (Å²) in [4.78, 5) is 24.4. The molecule has 1 aliphatic rings. The Balaban J connectivity index is 2.01. The van der Waals surface area contributed by atoms with E-state index in [9.17, 15) is 9.59 Å². The van der Waals surface area contributed by atoms with Crippen LogP contribution in [0.1, 0.15) is 46.4 Å². The minimum absolute atomic E-state index is 0.0532. The molecule has 0 unspecified atom stereocenters. The second-order valence-corrected chi connectivity index (χ2v) is 5.21. The first-order valence-corrected chi connectivity index (χ1v) is 7.36. The second kappa shape index (κ2) is 7.38. The number of unbranched alkanes of at least 4 members (excludes halogenated alkanes) is 3. The lowest BCUT2D eigenvalue weighted by molar-refractivity contribution is 0.0875. The summed E-state index contributed by atoms with van der Waals surface area (Å²) >= 11 is 5.97. The first-order chi connectivity index (χ1) is 10.2. The molecule has 1 aromatic carbocycles. The van der Waals surface area contributed by atoms with Gasteiger partial charge in [0, 0.05) is 17.7 Å². The number of allylic oxidation sites excluding steroid dienone is 2. The van der Waals surface area contributed by atoms with Crippen molar-refractivity contribution in [2.75, 3.05) is 13.2 Å². The topological polar surface area (TPSA) is 63.6 Å². The van der Waals surface area contributed by atoms with Gasteiger partial charge in [-0.2, -0.15) is 0 Å². The standard InChI is InChI=1S/C16H17ClO4/c17-13-14(19)11-7-3-4-8-12(11)15(20)16(13)21-10-6-2-1-5-9-18/h3-4,7-8,18H,1-2,5-6,9-10H2. The van der Waals surface area contributed by atoms with Crippen LogP contribution in [0.3, 0.4) is 0 Å². The fourth-order valence-electron chi connectivity index (χ4n) is 2.19. The lowest BCUT2D eigenvalue weighted by Crippen LogP contribution is -2.21. The van der Waals surface area contributed by atoms with Crippen molar-refractivity contribution in [1.82, 2.24) is 0 Å². The summed E-state index contributed by atoms with van der Waals surface area (Å²) in [6.07, 6.45) is 3.30. The molecule has 1 N–H and O–H groups in total. The number of ether oxygens (including phenoxy) is 1. The highest BCUT2D eigenvalue weighted by atomic mass is 35.5. The Morgan fingerprint density at radius 1 is 0.952 bits per heavy atom. The van der Waals surface area contributed by atoms with Crippen molar-refractivity contribution < 1.29 is 19.4 Å². The van der Waals surface area contributed by atoms with Crippen LogP contribution in [0.5, 0.6) is 0 Å². The van der Waals surface area contributed by atoms with Gasteiger partial charge in [-0.3, -0.25) is 9.59 Å². The van der Waals surface area contributed by atoms with E-state index in [1.54, 1.807) is 24.3 Å². The van der Waals surface area contributed by atoms with E-state index < -0.39 is 0 Å². The molecule has 0 spiro atoms. The van der Waals surface area contributed by atoms with Crippen molar-refractivity contribution in [3.05, 3.63) is 46.2 Å². The predicted octanol–water partition coefficient (Wildman–Crippen LogP) is 3.09. The summed E-state index contributed by atoms with van der Waals surface area (Å²) in [6, 6.07) is 6.59. The van der Waals surface area contributed by atoms with E-state index in [0.29, 0.717) is 17.7 Å². The monoisotopic (exact) mass is 308 g/mol. The maximum absolute atomic E-state index is 12.3. The molecule has 0 atom stereocenters. The molecule has 2 rings (SSSR count). The van der Waals surface area contributed by atoms with Gasteiger partial charge in [0.1, 0.15) is 5.03 Å². The first-order valence-electron chi connectivity index (χ1n) is 6.98. The van der Waals surface area contributed by atoms with Crippen molar-refractivity contribution in [3.63, 3.8) is 0 Å². The Labute approximate surface area is 128 Å². The molecular formula is C16H17ClO4. The van der Waals surface area contributed by atoms with Gasteiger partial charge in [0.15, 0.2) is 5.76 Å². The molecule has 0 bridgehead atoms. The van der Waals surface area contributed by atoms with Crippen LogP contribution in [0.15, 0.2) is 35.1 Å². The van der Waals surface area contributed by atoms with Crippen LogP contribution in [0.25, 0.3) is 0 Å². The second-order valence-electron chi connectivity index (χ2n) is 4.83. The Hall–Kier alpha value is -1.65. The number of carbonyl (C=O) groups excluding carboxylic acids is 2. The third kappa shape index (κ3) is 3.52. The van der Waals surface area contributed by atoms with Crippen LogP contribution in [-0.2, 0) is 4.74 Å². The van der Waals surface area contributed by atoms with Crippen molar-refractivity contribution in [2.45, 2.75) is 25.7 Å². The minimum Gasteiger partial charge on any atom is -0.488 e. The molecule has 0 heterocycles. The summed E-state index contributed by atoms with van der Waals surface area (Å²) < 4.78 is 5.43. The molecule has 1 aliphatic carbocycles. The van der Waals surface area contributed by atoms with Crippen molar-refractivity contribution in [2.24, 2.45) is 0 Å². The molecule has 0 aliphatic heterocycles. The fraction of sp³-hybridized carbons (Fsp3) is 0.375. The zero-order valence-electron chi connectivity index (χ0n) is 11.6. The largest absolute Gasteiger partial charge is 0.488 e. The maximum Gasteiger partial charge on any atom is 0.230 e. The molecule has 5 heteroatoms. The van der Waals surface area contributed by atoms with E-state index in [0.717, 1.165) is 25.7 Å². The quantitative estimate of drug-likeness (QED) is 0.786. The number of Topliss-reactive ketones (excluding diaryl/α,β-unsaturated/α-hetero) is 2. The lowest BCUT2D eigenvalue weighted by atomic mass is 9.93. The van der Waals surface area contributed by atoms with E-state index in [4.69, 9.17) is 21.4 Å². The zero-order valence-corrected chi connectivity index (χ0v) is 12.4. The number of aliphatic hydroxyl groups is 1. The van der Waals surface area contributed by atoms with Gasteiger partial charge in [0.05, 0.1) is 6.61 Å². The van der Waals surface area contributed by atoms with Crippen LogP contribution < -0.4 is 0 Å². The molecule has 0 radical (unpaired) electrons. The van der Waals surface area contributed by atoms with Crippen LogP contribution in [-0.4, -0.2) is 29.9 Å². The normalized spacial score (nSPS) is 14.4. The predicted molar refractivity (Wildman–Crippen MR) is 79.5 cm³/mol. The Morgan fingerprint density at radius 2 is 1.57 bits per heavy atom. The van der Waals surface area contributed by atoms with Gasteiger partial charge in [0.2, 0.25) is 11.6 Å². The number of hydrogen-bond acceptors (Lipinski definition) is 4. The van der Waals surface area contributed by atoms with Gasteiger partial charge in [-0.25, -0.2) is 0 Å². The summed E-state index contributed by atoms with van der Waals surface area (Å²) in [5, 5.41) is 8.54. The van der Waals surface area contributed by atoms with E-state index >= 15 is 0 Å². The number of carbonyl (C=O) groups is 2. The highest BCUT2D eigenvalue weighted by molar-refractivity contribution is 6.49. The Morgan fingerprint density at radius 3 is 2.24 bits per heavy atom. The van der Waals surface area contributed by atoms with E-state index in [1.165, 1.54) is 0 Å². The smallest absolute Gasteiger partial charge is 0.230 e. The van der Waals surface area contributed by atoms with Gasteiger partial charge in [-0.1, -0.05) is 42.3 Å². The molecule has 0 aromatic heterocycles. The number of hydrogen-bond donors (Lipinski definition) is 1. The molecule has 0 saturated heterocycles. The van der Waals surface area contributed by atoms with Crippen molar-refractivity contribution in [1.29, 1.82) is 0 Å². The molecule has 0 fully saturated rings. The maximum atomic E-state index is 12.3. The summed E-state index contributed by atoms with van der Waals surface area (Å²) in [5.74, 6) is -0.768. The van der Waals surface area contributed by atoms with Crippen LogP contribution in [0.4, 0.5) is 0 Å². The molecule has 0 amide bonds. The van der Waals surface area contributed by atoms with Crippen molar-refractivity contribution >= 4 is 23.2 Å². The summed E-state index contributed by atoms with van der Waals surface area (Å²) in [7, 11) is 0. The van der Waals surface area contributed by atoms with E-state index in [1.807, 2.05) is 0 Å². The van der Waals surface area contributed by atoms with Crippen LogP contribution in [0.2, 0.25) is 0 Å². The third-order valence-corrected chi connectivity index (χ3v) is 3.66. The van der Waals surface area contributed by atoms with Gasteiger partial charge in [-0.05, 0) is 19.3 Å². The average molecular weight is 309 g/mol. The Kier molecular flexibility index (Phi) is 5.53. The summed E-state index contributed by atoms with van der Waals surface area (Å²) in [5.41, 5.74) is 0.657. The number of fused-ring (bicyclic) bond motifs is 1. The third-order valence-electron chi connectivity index (χ3n) is 3.32. The summed E-state index contributed by atoms with van der Waals surface area (Å²) in [6.45, 7) is 0.514. The number of aliphatic hydroxyl groups excluding tert-OH is 1. The lowest BCUT2D eigenvalue weighted by Gasteiger charge is -2.18. The number of ketones is 2. The zero-order chi connectivity index (χ0) is 15.2. The first kappa shape index (κ1) is 15.7. The van der Waals surface area contributed by atoms with Gasteiger partial charge < -0.3 is 9.84 Å². The fourth-order valence-corrected chi connectivity index (χ4v) is 2.44. The SMILES string of the molecule is O=C1C(Cl)=C(OCCCCCCO)C(=O)c2ccccc21. The minimum atomic E-state index is -0.373. The van der Waals surface area contributed by atoms with Gasteiger partial charge >= 0.3 is 0 Å². The van der Waals surface area contributed by atoms with Crippen LogP contribution >= 0.6 is 11.6 Å². The van der Waals surface area contributed by atoms with Gasteiger partial charge in [-0.15, -0.1) is 0 Å². The van der Waals surface area contributed by atoms with Crippen LogP contribution in [0, 0.1) is 0 Å². The van der Waals surface area contributed by atoms with E-state index in [-0.39, 0.29) is 29.0 Å².